The van der Waals surface area contributed by atoms with Crippen molar-refractivity contribution in [1.82, 2.24) is 4.57 Å². The molecule has 0 spiro atoms. The second-order valence-corrected chi connectivity index (χ2v) is 16.2. The molecule has 0 saturated carbocycles. The topological polar surface area (TPSA) is 89.6 Å². The van der Waals surface area contributed by atoms with Gasteiger partial charge in [0.05, 0.1) is 43.9 Å². The van der Waals surface area contributed by atoms with Crippen LogP contribution < -0.4 is 9.80 Å². The molecule has 0 fully saturated rings. The van der Waals surface area contributed by atoms with Crippen LogP contribution in [0.5, 0.6) is 0 Å². The molecule has 1 aliphatic rings. The van der Waals surface area contributed by atoms with E-state index in [4.69, 9.17) is 0 Å². The molecule has 0 saturated heterocycles. The van der Waals surface area contributed by atoms with Gasteiger partial charge in [0.2, 0.25) is 0 Å². The van der Waals surface area contributed by atoms with Crippen LogP contribution >= 0.6 is 15.9 Å². The third-order valence-electron chi connectivity index (χ3n) is 10.6. The zero-order valence-corrected chi connectivity index (χ0v) is 32.3. The average molecular weight is 802 g/mol. The molecule has 0 aliphatic carbocycles. The Labute approximate surface area is 327 Å². The quantitative estimate of drug-likeness (QED) is 0.168. The number of fused-ring (bicyclic) bond motifs is 5. The fourth-order valence-corrected chi connectivity index (χ4v) is 10.2. The number of halogens is 1. The summed E-state index contributed by atoms with van der Waals surface area (Å²) >= 11 is 3.83. The van der Waals surface area contributed by atoms with Crippen molar-refractivity contribution in [2.45, 2.75) is 24.2 Å². The molecule has 0 atom stereocenters. The summed E-state index contributed by atoms with van der Waals surface area (Å²) in [6.45, 7) is 4.27. The monoisotopic (exact) mass is 800 g/mol. The van der Waals surface area contributed by atoms with Crippen LogP contribution in [-0.2, 0) is 15.5 Å². The lowest BCUT2D eigenvalue weighted by atomic mass is 9.73. The van der Waals surface area contributed by atoms with Gasteiger partial charge in [-0.05, 0) is 75.6 Å². The highest BCUT2D eigenvalue weighted by molar-refractivity contribution is 9.10. The van der Waals surface area contributed by atoms with Crippen LogP contribution in [0.1, 0.15) is 30.5 Å². The maximum atomic E-state index is 14.2. The van der Waals surface area contributed by atoms with Crippen LogP contribution in [0.2, 0.25) is 0 Å². The van der Waals surface area contributed by atoms with E-state index >= 15 is 0 Å². The van der Waals surface area contributed by atoms with Crippen molar-refractivity contribution in [3.05, 3.63) is 179 Å². The molecule has 268 valence electrons. The van der Waals surface area contributed by atoms with Gasteiger partial charge in [-0.2, -0.15) is 13.7 Å². The van der Waals surface area contributed by atoms with Gasteiger partial charge in [-0.15, -0.1) is 0 Å². The first kappa shape index (κ1) is 34.6. The molecular formula is C46H33BrN4O3S. The Bertz CT molecular complexity index is 2830. The minimum atomic E-state index is -5.05. The number of hydrogen-bond acceptors (Lipinski definition) is 5. The van der Waals surface area contributed by atoms with E-state index in [2.05, 4.69) is 35.8 Å². The Morgan fingerprint density at radius 3 is 1.55 bits per heavy atom. The minimum Gasteiger partial charge on any atom is -0.307 e. The van der Waals surface area contributed by atoms with Crippen LogP contribution in [0, 0.1) is 11.3 Å². The van der Waals surface area contributed by atoms with E-state index in [1.54, 1.807) is 0 Å². The van der Waals surface area contributed by atoms with Crippen LogP contribution in [0.25, 0.3) is 27.5 Å². The molecule has 1 aromatic heterocycles. The van der Waals surface area contributed by atoms with E-state index in [9.17, 15) is 18.2 Å². The second-order valence-electron chi connectivity index (χ2n) is 14.0. The summed E-state index contributed by atoms with van der Waals surface area (Å²) in [5.74, 6) is 0. The van der Waals surface area contributed by atoms with Gasteiger partial charge in [0.25, 0.3) is 10.1 Å². The van der Waals surface area contributed by atoms with Crippen LogP contribution in [0.3, 0.4) is 0 Å². The van der Waals surface area contributed by atoms with Gasteiger partial charge < -0.3 is 14.4 Å². The average Bonchev–Trinajstić information content (AvgIpc) is 3.53. The molecule has 7 nitrogen and oxygen atoms in total. The molecule has 1 aliphatic heterocycles. The van der Waals surface area contributed by atoms with Crippen molar-refractivity contribution in [1.29, 1.82) is 5.26 Å². The smallest absolute Gasteiger partial charge is 0.297 e. The fraction of sp³-hybridized carbons (Fsp3) is 0.0652. The molecule has 9 rings (SSSR count). The molecule has 0 amide bonds. The predicted molar refractivity (Wildman–Crippen MR) is 225 cm³/mol. The summed E-state index contributed by atoms with van der Waals surface area (Å²) in [7, 11) is -5.05. The number of rotatable bonds is 6. The molecule has 7 aromatic carbocycles. The van der Waals surface area contributed by atoms with Crippen molar-refractivity contribution in [2.24, 2.45) is 0 Å². The summed E-state index contributed by atoms with van der Waals surface area (Å²) in [6, 6.07) is 53.3. The van der Waals surface area contributed by atoms with Crippen molar-refractivity contribution in [2.75, 3.05) is 9.80 Å². The molecule has 9 heteroatoms. The number of anilines is 6. The highest BCUT2D eigenvalue weighted by Crippen LogP contribution is 2.58. The predicted octanol–water partition coefficient (Wildman–Crippen LogP) is 12.2. The lowest BCUT2D eigenvalue weighted by Crippen LogP contribution is -2.32. The number of aromatic nitrogens is 1. The molecule has 1 N–H and O–H groups in total. The maximum Gasteiger partial charge on any atom is 0.297 e. The Balaban J connectivity index is 1.55. The Morgan fingerprint density at radius 2 is 1.07 bits per heavy atom. The molecule has 55 heavy (non-hydrogen) atoms. The van der Waals surface area contributed by atoms with E-state index in [-0.39, 0.29) is 15.7 Å². The molecule has 0 bridgehead atoms. The Kier molecular flexibility index (Phi) is 8.17. The zero-order chi connectivity index (χ0) is 38.1. The summed E-state index contributed by atoms with van der Waals surface area (Å²) in [4.78, 5) is 3.34. The molecule has 8 aromatic rings. The lowest BCUT2D eigenvalue weighted by molar-refractivity contribution is 0.483. The van der Waals surface area contributed by atoms with Crippen LogP contribution in [0.4, 0.5) is 34.1 Å². The van der Waals surface area contributed by atoms with Gasteiger partial charge in [-0.25, -0.2) is 0 Å². The van der Waals surface area contributed by atoms with Gasteiger partial charge in [0.1, 0.15) is 16.5 Å². The maximum absolute atomic E-state index is 14.2. The summed E-state index contributed by atoms with van der Waals surface area (Å²) < 4.78 is 42.0. The third kappa shape index (κ3) is 5.29. The third-order valence-corrected chi connectivity index (χ3v) is 12.6. The van der Waals surface area contributed by atoms with Gasteiger partial charge in [0.15, 0.2) is 0 Å². The first-order valence-corrected chi connectivity index (χ1v) is 20.0. The highest BCUT2D eigenvalue weighted by atomic mass is 79.9. The number of hydrogen-bond donors (Lipinski definition) is 1. The van der Waals surface area contributed by atoms with E-state index in [1.165, 1.54) is 0 Å². The highest BCUT2D eigenvalue weighted by Gasteiger charge is 2.42. The van der Waals surface area contributed by atoms with Gasteiger partial charge in [0, 0.05) is 27.6 Å². The SMILES string of the molecule is CC1(C)c2ccccc2N(c2c(C#N)c(-n3c4ccccc4c4ccccc43)c(N(c3ccccc3)c3ccccc3)c(Br)c2S(=O)(=O)O)c2ccccc21. The minimum absolute atomic E-state index is 0.0361. The number of para-hydroxylation sites is 6. The molecule has 2 heterocycles. The summed E-state index contributed by atoms with van der Waals surface area (Å²) in [5, 5.41) is 13.6. The van der Waals surface area contributed by atoms with Gasteiger partial charge in [-0.3, -0.25) is 4.55 Å². The lowest BCUT2D eigenvalue weighted by Gasteiger charge is -2.43. The standard InChI is InChI=1S/C46H33BrN4O3S/c1-46(2)35-23-11-15-27-39(35)51(40-28-16-12-24-36(40)46)43-34(29-48)42(50-37-25-13-9-21-32(37)33-22-10-14-26-38(33)50)44(41(47)45(43)55(52,53)54)49(30-17-5-3-6-18-30)31-19-7-4-8-20-31/h3-28H,1-2H3,(H,52,53,54). The molecular weight excluding hydrogens is 769 g/mol. The van der Waals surface area contributed by atoms with E-state index in [0.29, 0.717) is 34.1 Å². The van der Waals surface area contributed by atoms with E-state index in [0.717, 1.165) is 32.9 Å². The number of nitrogens with zero attached hydrogens (tertiary/aromatic N) is 4. The zero-order valence-electron chi connectivity index (χ0n) is 29.8. The van der Waals surface area contributed by atoms with Crippen molar-refractivity contribution < 1.29 is 13.0 Å². The summed E-state index contributed by atoms with van der Waals surface area (Å²) in [5.41, 5.74) is 6.74. The van der Waals surface area contributed by atoms with Crippen molar-refractivity contribution in [3.63, 3.8) is 0 Å². The first-order valence-electron chi connectivity index (χ1n) is 17.8. The largest absolute Gasteiger partial charge is 0.307 e. The van der Waals surface area contributed by atoms with Gasteiger partial charge >= 0.3 is 0 Å². The molecule has 0 radical (unpaired) electrons. The van der Waals surface area contributed by atoms with Crippen LogP contribution in [-0.4, -0.2) is 17.5 Å². The Hall–Kier alpha value is -6.18. The first-order chi connectivity index (χ1) is 26.6. The second kappa shape index (κ2) is 13.0. The normalized spacial score (nSPS) is 13.3. The van der Waals surface area contributed by atoms with Crippen molar-refractivity contribution >= 4 is 82.0 Å². The number of nitriles is 1. The van der Waals surface area contributed by atoms with Crippen LogP contribution in [0.15, 0.2) is 167 Å². The van der Waals surface area contributed by atoms with Crippen molar-refractivity contribution in [3.8, 4) is 11.8 Å². The summed E-state index contributed by atoms with van der Waals surface area (Å²) in [6.07, 6.45) is 0. The van der Waals surface area contributed by atoms with E-state index < -0.39 is 20.4 Å². The van der Waals surface area contributed by atoms with E-state index in [1.807, 2.05) is 172 Å². The number of benzene rings is 7. The molecule has 0 unspecified atom stereocenters. The fourth-order valence-electron chi connectivity index (χ4n) is 8.27. The van der Waals surface area contributed by atoms with Gasteiger partial charge in [-0.1, -0.05) is 123 Å². The Morgan fingerprint density at radius 1 is 0.636 bits per heavy atom.